The van der Waals surface area contributed by atoms with Crippen LogP contribution in [-0.2, 0) is 11.2 Å². The predicted octanol–water partition coefficient (Wildman–Crippen LogP) is 3.06. The molecule has 1 aliphatic carbocycles. The fraction of sp³-hybridized carbons (Fsp3) is 0.538. The Morgan fingerprint density at radius 3 is 2.56 bits per heavy atom. The molecule has 0 aliphatic heterocycles. The van der Waals surface area contributed by atoms with Crippen LogP contribution in [0.3, 0.4) is 0 Å². The molecule has 1 amide bonds. The largest absolute Gasteiger partial charge is 0.478 e. The third-order valence-electron chi connectivity index (χ3n) is 3.49. The van der Waals surface area contributed by atoms with Crippen LogP contribution < -0.4 is 5.32 Å². The highest BCUT2D eigenvalue weighted by atomic mass is 32.1. The van der Waals surface area contributed by atoms with Crippen LogP contribution in [0.1, 0.15) is 47.0 Å². The fourth-order valence-electron chi connectivity index (χ4n) is 2.20. The fourth-order valence-corrected chi connectivity index (χ4v) is 3.34. The molecule has 1 fully saturated rings. The molecule has 0 aromatic carbocycles. The predicted molar refractivity (Wildman–Crippen MR) is 71.4 cm³/mol. The van der Waals surface area contributed by atoms with Gasteiger partial charge in [-0.3, -0.25) is 4.79 Å². The van der Waals surface area contributed by atoms with Gasteiger partial charge in [0.25, 0.3) is 0 Å². The third kappa shape index (κ3) is 2.27. The van der Waals surface area contributed by atoms with Gasteiger partial charge in [-0.1, -0.05) is 13.3 Å². The molecule has 98 valence electrons. The standard InChI is InChI=1S/C13H17NO3S/c1-3-9-7(2)18-12(10(9)13(16)17)14-11(15)8-5-4-6-8/h8H,3-6H2,1-2H3,(H,14,15)(H,16,17). The molecule has 0 spiro atoms. The lowest BCUT2D eigenvalue weighted by Crippen LogP contribution is -2.28. The van der Waals surface area contributed by atoms with Gasteiger partial charge >= 0.3 is 5.97 Å². The first-order chi connectivity index (χ1) is 8.54. The quantitative estimate of drug-likeness (QED) is 0.881. The minimum atomic E-state index is -0.958. The van der Waals surface area contributed by atoms with E-state index in [2.05, 4.69) is 5.32 Å². The number of amides is 1. The van der Waals surface area contributed by atoms with Crippen molar-refractivity contribution in [2.75, 3.05) is 5.32 Å². The lowest BCUT2D eigenvalue weighted by Gasteiger charge is -2.23. The Bertz CT molecular complexity index is 489. The number of hydrogen-bond donors (Lipinski definition) is 2. The van der Waals surface area contributed by atoms with E-state index >= 15 is 0 Å². The van der Waals surface area contributed by atoms with Gasteiger partial charge < -0.3 is 10.4 Å². The number of nitrogens with one attached hydrogen (secondary N) is 1. The van der Waals surface area contributed by atoms with Gasteiger partial charge in [0.1, 0.15) is 5.00 Å². The minimum absolute atomic E-state index is 0.0346. The number of rotatable bonds is 4. The first-order valence-corrected chi connectivity index (χ1v) is 7.02. The molecule has 5 heteroatoms. The molecule has 0 unspecified atom stereocenters. The number of aryl methyl sites for hydroxylation is 1. The zero-order chi connectivity index (χ0) is 13.3. The number of hydrogen-bond acceptors (Lipinski definition) is 3. The molecule has 0 saturated heterocycles. The number of carbonyl (C=O) groups excluding carboxylic acids is 1. The SMILES string of the molecule is CCc1c(C)sc(NC(=O)C2CCC2)c1C(=O)O. The van der Waals surface area contributed by atoms with Crippen molar-refractivity contribution < 1.29 is 14.7 Å². The Hall–Kier alpha value is -1.36. The van der Waals surface area contributed by atoms with E-state index in [1.54, 1.807) is 0 Å². The summed E-state index contributed by atoms with van der Waals surface area (Å²) in [5, 5.41) is 12.6. The van der Waals surface area contributed by atoms with E-state index < -0.39 is 5.97 Å². The summed E-state index contributed by atoms with van der Waals surface area (Å²) in [5.74, 6) is -0.924. The second-order valence-corrected chi connectivity index (χ2v) is 5.84. The molecule has 0 bridgehead atoms. The van der Waals surface area contributed by atoms with E-state index in [-0.39, 0.29) is 17.4 Å². The van der Waals surface area contributed by atoms with Crippen LogP contribution in [0.15, 0.2) is 0 Å². The highest BCUT2D eigenvalue weighted by Crippen LogP contribution is 2.35. The number of aromatic carboxylic acids is 1. The summed E-state index contributed by atoms with van der Waals surface area (Å²) in [5.41, 5.74) is 1.10. The van der Waals surface area contributed by atoms with Gasteiger partial charge in [0.2, 0.25) is 5.91 Å². The van der Waals surface area contributed by atoms with Crippen molar-refractivity contribution in [2.45, 2.75) is 39.5 Å². The average Bonchev–Trinajstić information content (AvgIpc) is 2.51. The van der Waals surface area contributed by atoms with Gasteiger partial charge in [0, 0.05) is 10.8 Å². The molecule has 1 heterocycles. The van der Waals surface area contributed by atoms with Crippen molar-refractivity contribution in [2.24, 2.45) is 5.92 Å². The minimum Gasteiger partial charge on any atom is -0.478 e. The maximum atomic E-state index is 11.9. The van der Waals surface area contributed by atoms with Crippen molar-refractivity contribution in [3.63, 3.8) is 0 Å². The van der Waals surface area contributed by atoms with Crippen LogP contribution in [0, 0.1) is 12.8 Å². The van der Waals surface area contributed by atoms with Gasteiger partial charge in [-0.25, -0.2) is 4.79 Å². The lowest BCUT2D eigenvalue weighted by molar-refractivity contribution is -0.122. The molecule has 1 saturated carbocycles. The Balaban J connectivity index is 2.26. The van der Waals surface area contributed by atoms with Gasteiger partial charge in [-0.15, -0.1) is 11.3 Å². The normalized spacial score (nSPS) is 15.2. The maximum absolute atomic E-state index is 11.9. The molecule has 18 heavy (non-hydrogen) atoms. The van der Waals surface area contributed by atoms with Crippen molar-refractivity contribution >= 4 is 28.2 Å². The van der Waals surface area contributed by atoms with Gasteiger partial charge in [-0.2, -0.15) is 0 Å². The lowest BCUT2D eigenvalue weighted by atomic mass is 9.85. The molecule has 1 aromatic heterocycles. The Morgan fingerprint density at radius 1 is 1.44 bits per heavy atom. The van der Waals surface area contributed by atoms with Gasteiger partial charge in [-0.05, 0) is 31.7 Å². The van der Waals surface area contributed by atoms with Crippen LogP contribution >= 0.6 is 11.3 Å². The second kappa shape index (κ2) is 5.10. The summed E-state index contributed by atoms with van der Waals surface area (Å²) in [6.45, 7) is 3.83. The average molecular weight is 267 g/mol. The number of carboxylic acids is 1. The maximum Gasteiger partial charge on any atom is 0.339 e. The van der Waals surface area contributed by atoms with Crippen molar-refractivity contribution in [3.05, 3.63) is 16.0 Å². The van der Waals surface area contributed by atoms with Crippen LogP contribution in [0.4, 0.5) is 5.00 Å². The zero-order valence-corrected chi connectivity index (χ0v) is 11.4. The number of carboxylic acid groups (broad SMARTS) is 1. The Labute approximate surface area is 110 Å². The van der Waals surface area contributed by atoms with E-state index in [1.165, 1.54) is 11.3 Å². The molecule has 2 N–H and O–H groups in total. The van der Waals surface area contributed by atoms with E-state index in [4.69, 9.17) is 0 Å². The van der Waals surface area contributed by atoms with Gasteiger partial charge in [0.05, 0.1) is 5.56 Å². The van der Waals surface area contributed by atoms with E-state index in [9.17, 15) is 14.7 Å². The molecular formula is C13H17NO3S. The Kier molecular flexibility index (Phi) is 3.71. The molecule has 0 atom stereocenters. The molecule has 1 aromatic rings. The second-order valence-electron chi connectivity index (χ2n) is 4.62. The van der Waals surface area contributed by atoms with Crippen molar-refractivity contribution in [1.29, 1.82) is 0 Å². The molecule has 2 rings (SSSR count). The molecule has 1 aliphatic rings. The van der Waals surface area contributed by atoms with E-state index in [0.717, 1.165) is 29.7 Å². The van der Waals surface area contributed by atoms with E-state index in [0.29, 0.717) is 11.4 Å². The van der Waals surface area contributed by atoms with Crippen LogP contribution in [0.25, 0.3) is 0 Å². The van der Waals surface area contributed by atoms with Crippen LogP contribution in [0.2, 0.25) is 0 Å². The summed E-state index contributed by atoms with van der Waals surface area (Å²) < 4.78 is 0. The summed E-state index contributed by atoms with van der Waals surface area (Å²) in [7, 11) is 0. The first-order valence-electron chi connectivity index (χ1n) is 6.21. The number of carbonyl (C=O) groups is 2. The smallest absolute Gasteiger partial charge is 0.339 e. The topological polar surface area (TPSA) is 66.4 Å². The van der Waals surface area contributed by atoms with Crippen LogP contribution in [0.5, 0.6) is 0 Å². The molecule has 4 nitrogen and oxygen atoms in total. The zero-order valence-electron chi connectivity index (χ0n) is 10.6. The highest BCUT2D eigenvalue weighted by molar-refractivity contribution is 7.16. The summed E-state index contributed by atoms with van der Waals surface area (Å²) >= 11 is 1.36. The van der Waals surface area contributed by atoms with Gasteiger partial charge in [0.15, 0.2) is 0 Å². The summed E-state index contributed by atoms with van der Waals surface area (Å²) in [6, 6.07) is 0. The Morgan fingerprint density at radius 2 is 2.11 bits per heavy atom. The summed E-state index contributed by atoms with van der Waals surface area (Å²) in [4.78, 5) is 24.2. The number of anilines is 1. The first kappa shape index (κ1) is 13.1. The molecule has 0 radical (unpaired) electrons. The monoisotopic (exact) mass is 267 g/mol. The van der Waals surface area contributed by atoms with Crippen molar-refractivity contribution in [3.8, 4) is 0 Å². The highest BCUT2D eigenvalue weighted by Gasteiger charge is 2.28. The van der Waals surface area contributed by atoms with Crippen molar-refractivity contribution in [1.82, 2.24) is 0 Å². The summed E-state index contributed by atoms with van der Waals surface area (Å²) in [6.07, 6.45) is 3.59. The van der Waals surface area contributed by atoms with E-state index in [1.807, 2.05) is 13.8 Å². The number of thiophene rings is 1. The molecular weight excluding hydrogens is 250 g/mol. The van der Waals surface area contributed by atoms with Crippen LogP contribution in [-0.4, -0.2) is 17.0 Å². The third-order valence-corrected chi connectivity index (χ3v) is 4.55.